The molecule has 4 rings (SSSR count). The number of thiazole rings is 1. The van der Waals surface area contributed by atoms with Crippen molar-refractivity contribution in [1.29, 1.82) is 0 Å². The molecular formula is C18H14N2OS. The minimum Gasteiger partial charge on any atom is -0.485 e. The van der Waals surface area contributed by atoms with Gasteiger partial charge in [-0.1, -0.05) is 42.5 Å². The minimum absolute atomic E-state index is 0.00480. The Kier molecular flexibility index (Phi) is 3.45. The standard InChI is InChI=1S/C18H14N2OS/c1-2-6-13(7-3-1)17-12-15(20-18-19-10-11-22-18)14-8-4-5-9-16(14)21-17/h1-11,17H,12H2. The van der Waals surface area contributed by atoms with E-state index in [1.165, 1.54) is 5.56 Å². The van der Waals surface area contributed by atoms with Crippen LogP contribution in [0.5, 0.6) is 5.75 Å². The number of hydrogen-bond donors (Lipinski definition) is 0. The molecule has 0 fully saturated rings. The lowest BCUT2D eigenvalue weighted by molar-refractivity contribution is 0.206. The van der Waals surface area contributed by atoms with Crippen LogP contribution in [0.15, 0.2) is 71.2 Å². The van der Waals surface area contributed by atoms with Crippen molar-refractivity contribution < 1.29 is 4.74 Å². The van der Waals surface area contributed by atoms with Gasteiger partial charge in [-0.05, 0) is 17.7 Å². The van der Waals surface area contributed by atoms with Crippen LogP contribution < -0.4 is 4.74 Å². The van der Waals surface area contributed by atoms with E-state index in [2.05, 4.69) is 23.2 Å². The van der Waals surface area contributed by atoms with Crippen molar-refractivity contribution in [1.82, 2.24) is 4.98 Å². The van der Waals surface area contributed by atoms with E-state index in [9.17, 15) is 0 Å². The first-order chi connectivity index (χ1) is 10.9. The molecule has 0 saturated carbocycles. The van der Waals surface area contributed by atoms with Crippen LogP contribution in [-0.4, -0.2) is 10.7 Å². The summed E-state index contributed by atoms with van der Waals surface area (Å²) < 4.78 is 6.17. The lowest BCUT2D eigenvalue weighted by atomic mass is 9.95. The molecule has 2 aromatic carbocycles. The minimum atomic E-state index is -0.00480. The summed E-state index contributed by atoms with van der Waals surface area (Å²) in [5.74, 6) is 0.887. The summed E-state index contributed by atoms with van der Waals surface area (Å²) in [6.45, 7) is 0. The number of hydrogen-bond acceptors (Lipinski definition) is 4. The molecule has 0 saturated heterocycles. The van der Waals surface area contributed by atoms with Gasteiger partial charge in [0.2, 0.25) is 5.13 Å². The number of fused-ring (bicyclic) bond motifs is 1. The van der Waals surface area contributed by atoms with Gasteiger partial charge in [-0.15, -0.1) is 11.3 Å². The van der Waals surface area contributed by atoms with E-state index in [0.29, 0.717) is 0 Å². The van der Waals surface area contributed by atoms with Gasteiger partial charge in [-0.3, -0.25) is 0 Å². The molecule has 2 heterocycles. The summed E-state index contributed by atoms with van der Waals surface area (Å²) in [7, 11) is 0. The monoisotopic (exact) mass is 306 g/mol. The molecule has 4 heteroatoms. The Hall–Kier alpha value is -2.46. The van der Waals surface area contributed by atoms with Gasteiger partial charge in [0.15, 0.2) is 0 Å². The van der Waals surface area contributed by atoms with E-state index >= 15 is 0 Å². The van der Waals surface area contributed by atoms with Gasteiger partial charge in [0, 0.05) is 23.6 Å². The van der Waals surface area contributed by atoms with Gasteiger partial charge >= 0.3 is 0 Å². The van der Waals surface area contributed by atoms with Gasteiger partial charge in [-0.25, -0.2) is 9.98 Å². The van der Waals surface area contributed by atoms with Gasteiger partial charge in [-0.2, -0.15) is 0 Å². The molecule has 1 aromatic heterocycles. The summed E-state index contributed by atoms with van der Waals surface area (Å²) in [6.07, 6.45) is 2.53. The van der Waals surface area contributed by atoms with Crippen molar-refractivity contribution in [2.24, 2.45) is 4.99 Å². The maximum absolute atomic E-state index is 6.17. The van der Waals surface area contributed by atoms with E-state index in [-0.39, 0.29) is 6.10 Å². The first-order valence-electron chi connectivity index (χ1n) is 7.18. The maximum Gasteiger partial charge on any atom is 0.209 e. The average Bonchev–Trinajstić information content (AvgIpc) is 3.09. The van der Waals surface area contributed by atoms with Gasteiger partial charge in [0.1, 0.15) is 11.9 Å². The van der Waals surface area contributed by atoms with E-state index in [1.54, 1.807) is 17.5 Å². The second kappa shape index (κ2) is 5.73. The maximum atomic E-state index is 6.17. The van der Waals surface area contributed by atoms with E-state index in [1.807, 2.05) is 41.8 Å². The van der Waals surface area contributed by atoms with E-state index < -0.39 is 0 Å². The molecule has 0 aliphatic carbocycles. The van der Waals surface area contributed by atoms with Crippen molar-refractivity contribution in [2.75, 3.05) is 0 Å². The third-order valence-electron chi connectivity index (χ3n) is 3.67. The highest BCUT2D eigenvalue weighted by molar-refractivity contribution is 7.13. The van der Waals surface area contributed by atoms with Crippen molar-refractivity contribution in [3.05, 3.63) is 77.3 Å². The van der Waals surface area contributed by atoms with Gasteiger partial charge in [0.05, 0.1) is 5.71 Å². The molecular weight excluding hydrogens is 292 g/mol. The molecule has 0 radical (unpaired) electrons. The van der Waals surface area contributed by atoms with E-state index in [4.69, 9.17) is 9.73 Å². The summed E-state index contributed by atoms with van der Waals surface area (Å²) in [5, 5.41) is 2.73. The summed E-state index contributed by atoms with van der Waals surface area (Å²) >= 11 is 1.55. The molecule has 1 aliphatic rings. The highest BCUT2D eigenvalue weighted by Gasteiger charge is 2.26. The van der Waals surface area contributed by atoms with Gasteiger partial charge < -0.3 is 4.74 Å². The molecule has 0 bridgehead atoms. The van der Waals surface area contributed by atoms with Crippen molar-refractivity contribution in [3.8, 4) is 5.75 Å². The Morgan fingerprint density at radius 2 is 1.86 bits per heavy atom. The molecule has 0 N–H and O–H groups in total. The van der Waals surface area contributed by atoms with Crippen LogP contribution in [0.25, 0.3) is 0 Å². The third kappa shape index (κ3) is 2.53. The lowest BCUT2D eigenvalue weighted by Gasteiger charge is -2.27. The SMILES string of the molecule is c1ccc(C2CC(=Nc3nccs3)c3ccccc3O2)cc1. The number of para-hydroxylation sites is 1. The Morgan fingerprint density at radius 1 is 1.05 bits per heavy atom. The van der Waals surface area contributed by atoms with Crippen molar-refractivity contribution in [3.63, 3.8) is 0 Å². The first kappa shape index (κ1) is 13.2. The molecule has 3 nitrogen and oxygen atoms in total. The van der Waals surface area contributed by atoms with Crippen LogP contribution in [0.2, 0.25) is 0 Å². The Bertz CT molecular complexity index is 797. The van der Waals surface area contributed by atoms with Gasteiger partial charge in [0.25, 0.3) is 0 Å². The number of rotatable bonds is 2. The molecule has 108 valence electrons. The molecule has 1 unspecified atom stereocenters. The molecule has 1 aliphatic heterocycles. The average molecular weight is 306 g/mol. The molecule has 22 heavy (non-hydrogen) atoms. The quantitative estimate of drug-likeness (QED) is 0.682. The predicted molar refractivity (Wildman–Crippen MR) is 89.2 cm³/mol. The van der Waals surface area contributed by atoms with Crippen molar-refractivity contribution in [2.45, 2.75) is 12.5 Å². The Balaban J connectivity index is 1.77. The normalized spacial score (nSPS) is 18.7. The Labute approximate surface area is 133 Å². The summed E-state index contributed by atoms with van der Waals surface area (Å²) in [4.78, 5) is 9.01. The lowest BCUT2D eigenvalue weighted by Crippen LogP contribution is -2.20. The predicted octanol–water partition coefficient (Wildman–Crippen LogP) is 4.79. The smallest absolute Gasteiger partial charge is 0.209 e. The van der Waals surface area contributed by atoms with Crippen LogP contribution in [0.3, 0.4) is 0 Å². The number of nitrogens with zero attached hydrogens (tertiary/aromatic N) is 2. The second-order valence-electron chi connectivity index (χ2n) is 5.09. The number of aromatic nitrogens is 1. The van der Waals surface area contributed by atoms with Crippen LogP contribution in [0.1, 0.15) is 23.7 Å². The third-order valence-corrected chi connectivity index (χ3v) is 4.33. The van der Waals surface area contributed by atoms with Crippen LogP contribution in [0.4, 0.5) is 5.13 Å². The number of aliphatic imine (C=N–C) groups is 1. The summed E-state index contributed by atoms with van der Waals surface area (Å²) in [5.41, 5.74) is 3.26. The fourth-order valence-corrected chi connectivity index (χ4v) is 3.16. The van der Waals surface area contributed by atoms with Crippen LogP contribution >= 0.6 is 11.3 Å². The second-order valence-corrected chi connectivity index (χ2v) is 5.96. The molecule has 1 atom stereocenters. The largest absolute Gasteiger partial charge is 0.485 e. The van der Waals surface area contributed by atoms with Crippen molar-refractivity contribution >= 4 is 22.2 Å². The zero-order chi connectivity index (χ0) is 14.8. The highest BCUT2D eigenvalue weighted by Crippen LogP contribution is 2.36. The zero-order valence-corrected chi connectivity index (χ0v) is 12.7. The molecule has 0 spiro atoms. The summed E-state index contributed by atoms with van der Waals surface area (Å²) in [6, 6.07) is 18.4. The Morgan fingerprint density at radius 3 is 2.68 bits per heavy atom. The topological polar surface area (TPSA) is 34.5 Å². The zero-order valence-electron chi connectivity index (χ0n) is 11.8. The molecule has 3 aromatic rings. The number of benzene rings is 2. The number of ether oxygens (including phenoxy) is 1. The van der Waals surface area contributed by atoms with Crippen LogP contribution in [-0.2, 0) is 0 Å². The highest BCUT2D eigenvalue weighted by atomic mass is 32.1. The fraction of sp³-hybridized carbons (Fsp3) is 0.111. The van der Waals surface area contributed by atoms with E-state index in [0.717, 1.165) is 28.6 Å². The fourth-order valence-electron chi connectivity index (χ4n) is 2.63. The first-order valence-corrected chi connectivity index (χ1v) is 8.06. The van der Waals surface area contributed by atoms with Crippen LogP contribution in [0, 0.1) is 0 Å². The molecule has 0 amide bonds.